The number of carbonyl (C=O) groups is 2. The Morgan fingerprint density at radius 1 is 1.25 bits per heavy atom. The van der Waals surface area contributed by atoms with Crippen molar-refractivity contribution < 1.29 is 22.8 Å². The zero-order chi connectivity index (χ0) is 17.5. The average molecular weight is 339 g/mol. The van der Waals surface area contributed by atoms with E-state index in [4.69, 9.17) is 0 Å². The molecule has 8 heteroatoms. The molecule has 3 rings (SSSR count). The summed E-state index contributed by atoms with van der Waals surface area (Å²) in [5.41, 5.74) is 1.47. The monoisotopic (exact) mass is 339 g/mol. The van der Waals surface area contributed by atoms with E-state index in [1.807, 2.05) is 29.9 Å². The lowest BCUT2D eigenvalue weighted by Gasteiger charge is -2.24. The molecular formula is C16H16F3N3O2. The van der Waals surface area contributed by atoms with Gasteiger partial charge in [-0.15, -0.1) is 0 Å². The molecule has 2 aromatic rings. The highest BCUT2D eigenvalue weighted by atomic mass is 19.4. The number of aromatic nitrogens is 1. The Kier molecular flexibility index (Phi) is 3.98. The first-order valence-electron chi connectivity index (χ1n) is 7.51. The number of nitrogens with zero attached hydrogens (tertiary/aromatic N) is 2. The molecule has 5 nitrogen and oxygen atoms in total. The van der Waals surface area contributed by atoms with Gasteiger partial charge in [0.15, 0.2) is 0 Å². The van der Waals surface area contributed by atoms with Crippen LogP contribution in [-0.4, -0.2) is 40.0 Å². The number of benzene rings is 1. The summed E-state index contributed by atoms with van der Waals surface area (Å²) in [5.74, 6) is -2.56. The van der Waals surface area contributed by atoms with Gasteiger partial charge in [0.1, 0.15) is 6.04 Å². The molecular weight excluding hydrogens is 323 g/mol. The van der Waals surface area contributed by atoms with E-state index in [0.717, 1.165) is 10.9 Å². The van der Waals surface area contributed by atoms with E-state index in [2.05, 4.69) is 5.32 Å². The molecule has 1 aromatic carbocycles. The van der Waals surface area contributed by atoms with E-state index in [0.29, 0.717) is 17.0 Å². The minimum absolute atomic E-state index is 0.0614. The standard InChI is InChI=1S/C16H16F3N3O2/c1-21-8-6-10-9-11(4-5-12(10)21)20-14(23)13-3-2-7-22(13)15(24)16(17,18)19/h4-6,8-9,13H,2-3,7H2,1H3,(H,20,23). The van der Waals surface area contributed by atoms with Gasteiger partial charge < -0.3 is 14.8 Å². The Morgan fingerprint density at radius 3 is 2.71 bits per heavy atom. The Hall–Kier alpha value is -2.51. The maximum atomic E-state index is 12.6. The van der Waals surface area contributed by atoms with Crippen molar-refractivity contribution in [3.05, 3.63) is 30.5 Å². The minimum Gasteiger partial charge on any atom is -0.351 e. The van der Waals surface area contributed by atoms with Crippen LogP contribution in [0.25, 0.3) is 10.9 Å². The van der Waals surface area contributed by atoms with Gasteiger partial charge in [0.2, 0.25) is 5.91 Å². The number of alkyl halides is 3. The molecule has 0 spiro atoms. The molecule has 1 aliphatic rings. The van der Waals surface area contributed by atoms with Crippen LogP contribution in [0.5, 0.6) is 0 Å². The van der Waals surface area contributed by atoms with Crippen molar-refractivity contribution in [1.29, 1.82) is 0 Å². The third kappa shape index (κ3) is 2.95. The predicted octanol–water partition coefficient (Wildman–Crippen LogP) is 2.67. The van der Waals surface area contributed by atoms with E-state index < -0.39 is 24.0 Å². The van der Waals surface area contributed by atoms with Crippen LogP contribution in [0.15, 0.2) is 30.5 Å². The summed E-state index contributed by atoms with van der Waals surface area (Å²) in [6.07, 6.45) is -2.50. The zero-order valence-electron chi connectivity index (χ0n) is 12.9. The lowest BCUT2D eigenvalue weighted by Crippen LogP contribution is -2.48. The van der Waals surface area contributed by atoms with Gasteiger partial charge in [-0.25, -0.2) is 0 Å². The summed E-state index contributed by atoms with van der Waals surface area (Å²) in [5, 5.41) is 3.52. The number of rotatable bonds is 2. The third-order valence-corrected chi connectivity index (χ3v) is 4.21. The number of likely N-dealkylation sites (tertiary alicyclic amines) is 1. The summed E-state index contributed by atoms with van der Waals surface area (Å²) < 4.78 is 39.8. The second kappa shape index (κ2) is 5.85. The normalized spacial score (nSPS) is 18.2. The van der Waals surface area contributed by atoms with Crippen LogP contribution >= 0.6 is 0 Å². The van der Waals surface area contributed by atoms with Gasteiger partial charge in [-0.05, 0) is 37.1 Å². The molecule has 0 aliphatic carbocycles. The number of anilines is 1. The fraction of sp³-hybridized carbons (Fsp3) is 0.375. The first-order valence-corrected chi connectivity index (χ1v) is 7.51. The van der Waals surface area contributed by atoms with E-state index >= 15 is 0 Å². The minimum atomic E-state index is -4.97. The lowest BCUT2D eigenvalue weighted by atomic mass is 10.2. The number of amides is 2. The maximum Gasteiger partial charge on any atom is 0.471 e. The number of halogens is 3. The fourth-order valence-electron chi connectivity index (χ4n) is 3.03. The van der Waals surface area contributed by atoms with Crippen molar-refractivity contribution in [2.75, 3.05) is 11.9 Å². The van der Waals surface area contributed by atoms with Gasteiger partial charge in [0, 0.05) is 36.4 Å². The highest BCUT2D eigenvalue weighted by Crippen LogP contribution is 2.27. The second-order valence-electron chi connectivity index (χ2n) is 5.84. The number of nitrogens with one attached hydrogen (secondary N) is 1. The van der Waals surface area contributed by atoms with Crippen molar-refractivity contribution in [3.8, 4) is 0 Å². The fourth-order valence-corrected chi connectivity index (χ4v) is 3.03. The molecule has 1 unspecified atom stereocenters. The molecule has 0 bridgehead atoms. The molecule has 128 valence electrons. The number of hydrogen-bond donors (Lipinski definition) is 1. The SMILES string of the molecule is Cn1ccc2cc(NC(=O)C3CCCN3C(=O)C(F)(F)F)ccc21. The van der Waals surface area contributed by atoms with E-state index in [1.165, 1.54) is 0 Å². The average Bonchev–Trinajstić information content (AvgIpc) is 3.13. The van der Waals surface area contributed by atoms with Crippen LogP contribution < -0.4 is 5.32 Å². The molecule has 1 atom stereocenters. The van der Waals surface area contributed by atoms with Crippen LogP contribution in [0.4, 0.5) is 18.9 Å². The van der Waals surface area contributed by atoms with Gasteiger partial charge in [0.05, 0.1) is 0 Å². The Balaban J connectivity index is 1.76. The van der Waals surface area contributed by atoms with Crippen LogP contribution in [0.1, 0.15) is 12.8 Å². The summed E-state index contributed by atoms with van der Waals surface area (Å²) in [6.45, 7) is -0.0614. The molecule has 1 aliphatic heterocycles. The largest absolute Gasteiger partial charge is 0.471 e. The summed E-state index contributed by atoms with van der Waals surface area (Å²) >= 11 is 0. The molecule has 0 saturated carbocycles. The number of carbonyl (C=O) groups excluding carboxylic acids is 2. The maximum absolute atomic E-state index is 12.6. The number of hydrogen-bond acceptors (Lipinski definition) is 2. The number of aryl methyl sites for hydroxylation is 1. The lowest BCUT2D eigenvalue weighted by molar-refractivity contribution is -0.186. The topological polar surface area (TPSA) is 54.3 Å². The molecule has 1 fully saturated rings. The first-order chi connectivity index (χ1) is 11.3. The van der Waals surface area contributed by atoms with Gasteiger partial charge in [-0.1, -0.05) is 0 Å². The third-order valence-electron chi connectivity index (χ3n) is 4.21. The Labute approximate surface area is 136 Å². The highest BCUT2D eigenvalue weighted by molar-refractivity contribution is 5.99. The molecule has 1 saturated heterocycles. The van der Waals surface area contributed by atoms with Crippen molar-refractivity contribution >= 4 is 28.4 Å². The summed E-state index contributed by atoms with van der Waals surface area (Å²) in [6, 6.07) is 6.03. The predicted molar refractivity (Wildman–Crippen MR) is 82.3 cm³/mol. The Bertz CT molecular complexity index is 797. The van der Waals surface area contributed by atoms with Crippen molar-refractivity contribution in [1.82, 2.24) is 9.47 Å². The van der Waals surface area contributed by atoms with E-state index in [1.54, 1.807) is 12.1 Å². The van der Waals surface area contributed by atoms with Crippen LogP contribution in [0.3, 0.4) is 0 Å². The quantitative estimate of drug-likeness (QED) is 0.915. The molecule has 0 radical (unpaired) electrons. The molecule has 2 amide bonds. The highest BCUT2D eigenvalue weighted by Gasteiger charge is 2.47. The van der Waals surface area contributed by atoms with E-state index in [-0.39, 0.29) is 13.0 Å². The first kappa shape index (κ1) is 16.4. The van der Waals surface area contributed by atoms with Crippen molar-refractivity contribution in [2.24, 2.45) is 7.05 Å². The van der Waals surface area contributed by atoms with Crippen molar-refractivity contribution in [2.45, 2.75) is 25.1 Å². The van der Waals surface area contributed by atoms with E-state index in [9.17, 15) is 22.8 Å². The van der Waals surface area contributed by atoms with Crippen LogP contribution in [0.2, 0.25) is 0 Å². The van der Waals surface area contributed by atoms with Crippen LogP contribution in [-0.2, 0) is 16.6 Å². The molecule has 1 N–H and O–H groups in total. The van der Waals surface area contributed by atoms with Crippen LogP contribution in [0, 0.1) is 0 Å². The van der Waals surface area contributed by atoms with Gasteiger partial charge >= 0.3 is 12.1 Å². The Morgan fingerprint density at radius 2 is 2.00 bits per heavy atom. The zero-order valence-corrected chi connectivity index (χ0v) is 12.9. The smallest absolute Gasteiger partial charge is 0.351 e. The summed E-state index contributed by atoms with van der Waals surface area (Å²) in [7, 11) is 1.89. The summed E-state index contributed by atoms with van der Waals surface area (Å²) in [4.78, 5) is 24.4. The molecule has 24 heavy (non-hydrogen) atoms. The van der Waals surface area contributed by atoms with Gasteiger partial charge in [0.25, 0.3) is 0 Å². The van der Waals surface area contributed by atoms with Gasteiger partial charge in [-0.3, -0.25) is 9.59 Å². The molecule has 2 heterocycles. The number of fused-ring (bicyclic) bond motifs is 1. The van der Waals surface area contributed by atoms with Crippen molar-refractivity contribution in [3.63, 3.8) is 0 Å². The van der Waals surface area contributed by atoms with Gasteiger partial charge in [-0.2, -0.15) is 13.2 Å². The second-order valence-corrected chi connectivity index (χ2v) is 5.84. The molecule has 1 aromatic heterocycles.